The highest BCUT2D eigenvalue weighted by atomic mass is 32.1. The molecule has 5 heterocycles. The van der Waals surface area contributed by atoms with Gasteiger partial charge in [0, 0.05) is 55.2 Å². The standard InChI is InChI=1S/C31H39N7O3S/c1-5-37(22-13-15-36(16-14-22)30(39)41-31(2,3)4)26-12-11-25(34-35-26)24-10-9-23(28-29(24)42-20-32-28)21-18-33-38(19-21)27-8-6-7-17-40-27/h9-12,18-20,22,27H,5-8,13-17H2,1-4H3. The minimum absolute atomic E-state index is 0.00620. The average molecular weight is 590 g/mol. The van der Waals surface area contributed by atoms with Crippen LogP contribution in [0.15, 0.2) is 42.2 Å². The third-order valence-electron chi connectivity index (χ3n) is 7.97. The van der Waals surface area contributed by atoms with Gasteiger partial charge >= 0.3 is 6.09 Å². The molecule has 2 aliphatic heterocycles. The van der Waals surface area contributed by atoms with Crippen molar-refractivity contribution in [3.8, 4) is 22.4 Å². The fraction of sp³-hybridized carbons (Fsp3) is 0.516. The number of piperidine rings is 1. The highest BCUT2D eigenvalue weighted by molar-refractivity contribution is 7.17. The number of carbonyl (C=O) groups is 1. The molecule has 0 saturated carbocycles. The summed E-state index contributed by atoms with van der Waals surface area (Å²) < 4.78 is 14.5. The normalized spacial score (nSPS) is 18.4. The minimum Gasteiger partial charge on any atom is -0.444 e. The minimum atomic E-state index is -0.487. The van der Waals surface area contributed by atoms with Gasteiger partial charge in [0.25, 0.3) is 0 Å². The van der Waals surface area contributed by atoms with Crippen molar-refractivity contribution in [2.24, 2.45) is 0 Å². The van der Waals surface area contributed by atoms with Crippen LogP contribution >= 0.6 is 11.3 Å². The molecule has 6 rings (SSSR count). The lowest BCUT2D eigenvalue weighted by Gasteiger charge is -2.38. The number of carbonyl (C=O) groups excluding carboxylic acids is 1. The first-order valence-corrected chi connectivity index (χ1v) is 15.8. The van der Waals surface area contributed by atoms with Gasteiger partial charge in [-0.05, 0) is 71.9 Å². The topological polar surface area (TPSA) is 98.5 Å². The van der Waals surface area contributed by atoms with E-state index < -0.39 is 5.60 Å². The van der Waals surface area contributed by atoms with Gasteiger partial charge in [-0.25, -0.2) is 14.5 Å². The van der Waals surface area contributed by atoms with Crippen molar-refractivity contribution < 1.29 is 14.3 Å². The van der Waals surface area contributed by atoms with Gasteiger partial charge in [0.2, 0.25) is 0 Å². The number of nitrogens with zero attached hydrogens (tertiary/aromatic N) is 7. The lowest BCUT2D eigenvalue weighted by atomic mass is 10.0. The monoisotopic (exact) mass is 589 g/mol. The van der Waals surface area contributed by atoms with Gasteiger partial charge in [0.05, 0.1) is 27.6 Å². The van der Waals surface area contributed by atoms with Gasteiger partial charge in [-0.15, -0.1) is 21.5 Å². The molecule has 1 atom stereocenters. The van der Waals surface area contributed by atoms with Gasteiger partial charge in [-0.1, -0.05) is 12.1 Å². The SMILES string of the molecule is CCN(c1ccc(-c2ccc(-c3cnn(C4CCCCO4)c3)c3ncsc23)nn1)C1CCN(C(=O)OC(C)(C)C)CC1. The van der Waals surface area contributed by atoms with Crippen molar-refractivity contribution in [2.75, 3.05) is 31.1 Å². The number of hydrogen-bond acceptors (Lipinski definition) is 9. The van der Waals surface area contributed by atoms with Crippen LogP contribution in [0.2, 0.25) is 0 Å². The first kappa shape index (κ1) is 28.5. The van der Waals surface area contributed by atoms with Crippen molar-refractivity contribution in [3.05, 3.63) is 42.2 Å². The van der Waals surface area contributed by atoms with Crippen molar-refractivity contribution in [1.82, 2.24) is 29.9 Å². The Labute approximate surface area is 250 Å². The maximum absolute atomic E-state index is 12.5. The Bertz CT molecular complexity index is 1510. The number of fused-ring (bicyclic) bond motifs is 1. The van der Waals surface area contributed by atoms with E-state index in [0.29, 0.717) is 19.1 Å². The zero-order valence-corrected chi connectivity index (χ0v) is 25.6. The summed E-state index contributed by atoms with van der Waals surface area (Å²) in [5, 5.41) is 13.9. The van der Waals surface area contributed by atoms with Gasteiger partial charge in [0.15, 0.2) is 5.82 Å². The van der Waals surface area contributed by atoms with E-state index in [2.05, 4.69) is 51.5 Å². The van der Waals surface area contributed by atoms with Crippen molar-refractivity contribution in [2.45, 2.75) is 77.7 Å². The summed E-state index contributed by atoms with van der Waals surface area (Å²) in [5.74, 6) is 0.853. The van der Waals surface area contributed by atoms with Crippen molar-refractivity contribution in [1.29, 1.82) is 0 Å². The molecule has 42 heavy (non-hydrogen) atoms. The number of aromatic nitrogens is 5. The first-order valence-electron chi connectivity index (χ1n) is 14.9. The van der Waals surface area contributed by atoms with Crippen LogP contribution in [0.4, 0.5) is 10.6 Å². The Morgan fingerprint density at radius 2 is 1.90 bits per heavy atom. The van der Waals surface area contributed by atoms with E-state index in [1.165, 1.54) is 0 Å². The molecule has 0 aliphatic carbocycles. The molecule has 222 valence electrons. The lowest BCUT2D eigenvalue weighted by molar-refractivity contribution is -0.0394. The predicted molar refractivity (Wildman–Crippen MR) is 165 cm³/mol. The molecule has 0 bridgehead atoms. The molecule has 2 saturated heterocycles. The van der Waals surface area contributed by atoms with Crippen LogP contribution in [-0.4, -0.2) is 73.8 Å². The zero-order valence-electron chi connectivity index (χ0n) is 24.8. The third-order valence-corrected chi connectivity index (χ3v) is 8.83. The fourth-order valence-corrected chi connectivity index (χ4v) is 6.71. The number of rotatable bonds is 6. The summed E-state index contributed by atoms with van der Waals surface area (Å²) in [5.41, 5.74) is 6.27. The van der Waals surface area contributed by atoms with Crippen LogP contribution in [0.5, 0.6) is 0 Å². The van der Waals surface area contributed by atoms with E-state index in [1.54, 1.807) is 11.3 Å². The average Bonchev–Trinajstić information content (AvgIpc) is 3.69. The highest BCUT2D eigenvalue weighted by Crippen LogP contribution is 2.37. The number of thiazole rings is 1. The van der Waals surface area contributed by atoms with Gasteiger partial charge in [0.1, 0.15) is 11.8 Å². The molecule has 1 aromatic carbocycles. The number of anilines is 1. The molecule has 3 aromatic heterocycles. The number of amides is 1. The van der Waals surface area contributed by atoms with Crippen LogP contribution in [0.1, 0.15) is 66.0 Å². The Morgan fingerprint density at radius 3 is 2.60 bits per heavy atom. The third kappa shape index (κ3) is 5.98. The summed E-state index contributed by atoms with van der Waals surface area (Å²) in [7, 11) is 0. The second kappa shape index (κ2) is 12.0. The largest absolute Gasteiger partial charge is 0.444 e. The number of benzene rings is 1. The number of ether oxygens (including phenoxy) is 2. The molecule has 11 heteroatoms. The second-order valence-corrected chi connectivity index (χ2v) is 12.8. The van der Waals surface area contributed by atoms with Gasteiger partial charge in [-0.3, -0.25) is 0 Å². The molecule has 2 aliphatic rings. The molecular formula is C31H39N7O3S. The summed E-state index contributed by atoms with van der Waals surface area (Å²) in [6.07, 6.45) is 8.72. The van der Waals surface area contributed by atoms with Crippen molar-refractivity contribution in [3.63, 3.8) is 0 Å². The van der Waals surface area contributed by atoms with E-state index in [-0.39, 0.29) is 12.3 Å². The molecule has 4 aromatic rings. The molecule has 1 amide bonds. The maximum atomic E-state index is 12.5. The van der Waals surface area contributed by atoms with Gasteiger partial charge < -0.3 is 19.3 Å². The summed E-state index contributed by atoms with van der Waals surface area (Å²) in [4.78, 5) is 21.3. The van der Waals surface area contributed by atoms with Crippen LogP contribution in [0.3, 0.4) is 0 Å². The van der Waals surface area contributed by atoms with Gasteiger partial charge in [-0.2, -0.15) is 5.10 Å². The van der Waals surface area contributed by atoms with E-state index in [1.807, 2.05) is 48.1 Å². The molecule has 0 spiro atoms. The molecular weight excluding hydrogens is 550 g/mol. The van der Waals surface area contributed by atoms with E-state index in [0.717, 1.165) is 83.7 Å². The molecule has 1 unspecified atom stereocenters. The Kier molecular flexibility index (Phi) is 8.13. The van der Waals surface area contributed by atoms with Crippen LogP contribution in [-0.2, 0) is 9.47 Å². The first-order chi connectivity index (χ1) is 20.3. The number of likely N-dealkylation sites (tertiary alicyclic amines) is 1. The smallest absolute Gasteiger partial charge is 0.410 e. The van der Waals surface area contributed by atoms with Crippen LogP contribution in [0.25, 0.3) is 32.6 Å². The van der Waals surface area contributed by atoms with E-state index in [9.17, 15) is 4.79 Å². The Balaban J connectivity index is 1.17. The van der Waals surface area contributed by atoms with Crippen LogP contribution in [0, 0.1) is 0 Å². The zero-order chi connectivity index (χ0) is 29.3. The molecule has 2 fully saturated rings. The molecule has 0 radical (unpaired) electrons. The van der Waals surface area contributed by atoms with Crippen molar-refractivity contribution >= 4 is 33.5 Å². The Hall–Kier alpha value is -3.57. The second-order valence-electron chi connectivity index (χ2n) is 12.0. The van der Waals surface area contributed by atoms with E-state index >= 15 is 0 Å². The quantitative estimate of drug-likeness (QED) is 0.250. The molecule has 10 nitrogen and oxygen atoms in total. The predicted octanol–water partition coefficient (Wildman–Crippen LogP) is 6.54. The van der Waals surface area contributed by atoms with E-state index in [4.69, 9.17) is 14.5 Å². The summed E-state index contributed by atoms with van der Waals surface area (Å²) in [6, 6.07) is 8.61. The van der Waals surface area contributed by atoms with Crippen LogP contribution < -0.4 is 4.90 Å². The molecule has 0 N–H and O–H groups in total. The Morgan fingerprint density at radius 1 is 1.10 bits per heavy atom. The summed E-state index contributed by atoms with van der Waals surface area (Å²) >= 11 is 1.61. The fourth-order valence-electron chi connectivity index (χ4n) is 5.87. The highest BCUT2D eigenvalue weighted by Gasteiger charge is 2.30. The summed E-state index contributed by atoms with van der Waals surface area (Å²) in [6.45, 7) is 10.8. The number of hydrogen-bond donors (Lipinski definition) is 0. The lowest BCUT2D eigenvalue weighted by Crippen LogP contribution is -2.48. The maximum Gasteiger partial charge on any atom is 0.410 e.